The zero-order valence-corrected chi connectivity index (χ0v) is 11.5. The number of aliphatic carboxylic acids is 1. The molecule has 2 heterocycles. The third kappa shape index (κ3) is 2.55. The van der Waals surface area contributed by atoms with Gasteiger partial charge < -0.3 is 9.52 Å². The normalized spacial score (nSPS) is 21.4. The molecule has 3 rings (SSSR count). The van der Waals surface area contributed by atoms with Crippen molar-refractivity contribution in [2.75, 3.05) is 26.7 Å². The van der Waals surface area contributed by atoms with Gasteiger partial charge in [-0.05, 0) is 19.2 Å². The standard InChI is InChI=1S/C15H18N2O3/c1-16-6-7-17(10-13(16)15(18)19)9-12-8-11-4-2-3-5-14(11)20-12/h2-5,8,13H,6-7,9-10H2,1H3,(H,18,19). The van der Waals surface area contributed by atoms with Crippen LogP contribution in [0.25, 0.3) is 11.0 Å². The number of nitrogens with zero attached hydrogens (tertiary/aromatic N) is 2. The van der Waals surface area contributed by atoms with Crippen LogP contribution in [0.5, 0.6) is 0 Å². The number of para-hydroxylation sites is 1. The summed E-state index contributed by atoms with van der Waals surface area (Å²) < 4.78 is 5.79. The molecule has 1 N–H and O–H groups in total. The number of carbonyl (C=O) groups is 1. The number of carboxylic acid groups (broad SMARTS) is 1. The Balaban J connectivity index is 1.72. The minimum atomic E-state index is -0.762. The van der Waals surface area contributed by atoms with Gasteiger partial charge in [-0.3, -0.25) is 14.6 Å². The molecule has 1 unspecified atom stereocenters. The van der Waals surface area contributed by atoms with E-state index in [1.165, 1.54) is 0 Å². The van der Waals surface area contributed by atoms with Gasteiger partial charge in [-0.15, -0.1) is 0 Å². The Morgan fingerprint density at radius 3 is 2.95 bits per heavy atom. The van der Waals surface area contributed by atoms with E-state index in [0.717, 1.165) is 29.8 Å². The molecule has 2 aromatic rings. The highest BCUT2D eigenvalue weighted by atomic mass is 16.4. The smallest absolute Gasteiger partial charge is 0.322 e. The van der Waals surface area contributed by atoms with Gasteiger partial charge in [0.05, 0.1) is 6.54 Å². The van der Waals surface area contributed by atoms with Gasteiger partial charge in [0, 0.05) is 25.0 Å². The average molecular weight is 274 g/mol. The second-order valence-electron chi connectivity index (χ2n) is 5.32. The largest absolute Gasteiger partial charge is 0.480 e. The first-order chi connectivity index (χ1) is 9.63. The summed E-state index contributed by atoms with van der Waals surface area (Å²) in [7, 11) is 1.86. The molecule has 5 heteroatoms. The van der Waals surface area contributed by atoms with Gasteiger partial charge in [0.15, 0.2) is 0 Å². The van der Waals surface area contributed by atoms with Crippen LogP contribution in [0.3, 0.4) is 0 Å². The molecule has 0 spiro atoms. The average Bonchev–Trinajstić information content (AvgIpc) is 2.82. The van der Waals surface area contributed by atoms with Crippen LogP contribution in [0.2, 0.25) is 0 Å². The number of piperazine rings is 1. The second-order valence-corrected chi connectivity index (χ2v) is 5.32. The molecule has 1 atom stereocenters. The minimum absolute atomic E-state index is 0.437. The highest BCUT2D eigenvalue weighted by molar-refractivity contribution is 5.77. The predicted molar refractivity (Wildman–Crippen MR) is 75.5 cm³/mol. The molecular weight excluding hydrogens is 256 g/mol. The van der Waals surface area contributed by atoms with E-state index in [1.807, 2.05) is 42.3 Å². The number of benzene rings is 1. The van der Waals surface area contributed by atoms with E-state index in [2.05, 4.69) is 4.90 Å². The van der Waals surface area contributed by atoms with Crippen molar-refractivity contribution < 1.29 is 14.3 Å². The summed E-state index contributed by atoms with van der Waals surface area (Å²) in [5, 5.41) is 10.3. The maximum absolute atomic E-state index is 11.2. The summed E-state index contributed by atoms with van der Waals surface area (Å²) in [5.41, 5.74) is 0.881. The third-order valence-corrected chi connectivity index (χ3v) is 3.87. The second kappa shape index (κ2) is 5.26. The summed E-state index contributed by atoms with van der Waals surface area (Å²) in [5.74, 6) is 0.127. The number of furan rings is 1. The van der Waals surface area contributed by atoms with E-state index >= 15 is 0 Å². The minimum Gasteiger partial charge on any atom is -0.480 e. The number of likely N-dealkylation sites (N-methyl/N-ethyl adjacent to an activating group) is 1. The van der Waals surface area contributed by atoms with E-state index in [-0.39, 0.29) is 0 Å². The van der Waals surface area contributed by atoms with Crippen LogP contribution in [-0.2, 0) is 11.3 Å². The third-order valence-electron chi connectivity index (χ3n) is 3.87. The molecule has 1 saturated heterocycles. The molecule has 1 aliphatic heterocycles. The first-order valence-electron chi connectivity index (χ1n) is 6.76. The molecular formula is C15H18N2O3. The zero-order chi connectivity index (χ0) is 14.1. The van der Waals surface area contributed by atoms with Gasteiger partial charge in [0.2, 0.25) is 0 Å². The van der Waals surface area contributed by atoms with Crippen LogP contribution in [0.15, 0.2) is 34.7 Å². The van der Waals surface area contributed by atoms with Crippen molar-refractivity contribution in [2.45, 2.75) is 12.6 Å². The summed E-state index contributed by atoms with van der Waals surface area (Å²) in [6, 6.07) is 9.50. The zero-order valence-electron chi connectivity index (χ0n) is 11.5. The van der Waals surface area contributed by atoms with Crippen LogP contribution < -0.4 is 0 Å². The van der Waals surface area contributed by atoms with Crippen molar-refractivity contribution in [3.8, 4) is 0 Å². The Morgan fingerprint density at radius 2 is 2.20 bits per heavy atom. The molecule has 0 amide bonds. The molecule has 1 fully saturated rings. The maximum Gasteiger partial charge on any atom is 0.322 e. The fourth-order valence-corrected chi connectivity index (χ4v) is 2.68. The van der Waals surface area contributed by atoms with Gasteiger partial charge in [-0.25, -0.2) is 0 Å². The Morgan fingerprint density at radius 1 is 1.40 bits per heavy atom. The van der Waals surface area contributed by atoms with Gasteiger partial charge in [-0.2, -0.15) is 0 Å². The number of hydrogen-bond acceptors (Lipinski definition) is 4. The highest BCUT2D eigenvalue weighted by Crippen LogP contribution is 2.21. The maximum atomic E-state index is 11.2. The van der Waals surface area contributed by atoms with Crippen LogP contribution in [0.4, 0.5) is 0 Å². The van der Waals surface area contributed by atoms with Gasteiger partial charge in [-0.1, -0.05) is 18.2 Å². The number of hydrogen-bond donors (Lipinski definition) is 1. The number of fused-ring (bicyclic) bond motifs is 1. The Bertz CT molecular complexity index is 589. The monoisotopic (exact) mass is 274 g/mol. The molecule has 1 aromatic heterocycles. The van der Waals surface area contributed by atoms with Crippen LogP contribution in [-0.4, -0.2) is 53.6 Å². The first kappa shape index (κ1) is 13.1. The van der Waals surface area contributed by atoms with E-state index < -0.39 is 12.0 Å². The first-order valence-corrected chi connectivity index (χ1v) is 6.76. The van der Waals surface area contributed by atoms with Gasteiger partial charge in [0.1, 0.15) is 17.4 Å². The summed E-state index contributed by atoms with van der Waals surface area (Å²) in [6.45, 7) is 2.81. The van der Waals surface area contributed by atoms with Crippen molar-refractivity contribution in [1.82, 2.24) is 9.80 Å². The molecule has 0 radical (unpaired) electrons. The van der Waals surface area contributed by atoms with E-state index in [4.69, 9.17) is 4.42 Å². The molecule has 1 aliphatic rings. The van der Waals surface area contributed by atoms with Gasteiger partial charge >= 0.3 is 5.97 Å². The fraction of sp³-hybridized carbons (Fsp3) is 0.400. The van der Waals surface area contributed by atoms with Gasteiger partial charge in [0.25, 0.3) is 0 Å². The Hall–Kier alpha value is -1.85. The van der Waals surface area contributed by atoms with E-state index in [1.54, 1.807) is 0 Å². The quantitative estimate of drug-likeness (QED) is 0.922. The Kier molecular flexibility index (Phi) is 3.46. The van der Waals surface area contributed by atoms with E-state index in [9.17, 15) is 9.90 Å². The molecule has 0 aliphatic carbocycles. The fourth-order valence-electron chi connectivity index (χ4n) is 2.68. The SMILES string of the molecule is CN1CCN(Cc2cc3ccccc3o2)CC1C(=O)O. The topological polar surface area (TPSA) is 56.9 Å². The molecule has 0 bridgehead atoms. The number of carboxylic acids is 1. The molecule has 106 valence electrons. The predicted octanol–water partition coefficient (Wildman–Crippen LogP) is 1.63. The lowest BCUT2D eigenvalue weighted by molar-refractivity contribution is -0.145. The van der Waals surface area contributed by atoms with Crippen molar-refractivity contribution in [3.63, 3.8) is 0 Å². The summed E-state index contributed by atoms with van der Waals surface area (Å²) >= 11 is 0. The molecule has 5 nitrogen and oxygen atoms in total. The lowest BCUT2D eigenvalue weighted by atomic mass is 10.1. The molecule has 1 aromatic carbocycles. The lowest BCUT2D eigenvalue weighted by Gasteiger charge is -2.36. The summed E-state index contributed by atoms with van der Waals surface area (Å²) in [6.07, 6.45) is 0. The van der Waals surface area contributed by atoms with Crippen molar-refractivity contribution in [3.05, 3.63) is 36.1 Å². The summed E-state index contributed by atoms with van der Waals surface area (Å²) in [4.78, 5) is 15.2. The highest BCUT2D eigenvalue weighted by Gasteiger charge is 2.30. The Labute approximate surface area is 117 Å². The van der Waals surface area contributed by atoms with Crippen molar-refractivity contribution >= 4 is 16.9 Å². The molecule has 0 saturated carbocycles. The molecule has 20 heavy (non-hydrogen) atoms. The van der Waals surface area contributed by atoms with Crippen LogP contribution in [0, 0.1) is 0 Å². The number of rotatable bonds is 3. The van der Waals surface area contributed by atoms with Crippen molar-refractivity contribution in [2.24, 2.45) is 0 Å². The van der Waals surface area contributed by atoms with Crippen molar-refractivity contribution in [1.29, 1.82) is 0 Å². The van der Waals surface area contributed by atoms with E-state index in [0.29, 0.717) is 13.1 Å². The van der Waals surface area contributed by atoms with Crippen LogP contribution >= 0.6 is 0 Å². The van der Waals surface area contributed by atoms with Crippen LogP contribution in [0.1, 0.15) is 5.76 Å². The lowest BCUT2D eigenvalue weighted by Crippen LogP contribution is -2.54.